The first kappa shape index (κ1) is 13.3. The molecule has 0 fully saturated rings. The van der Waals surface area contributed by atoms with E-state index in [2.05, 4.69) is 31.3 Å². The predicted molar refractivity (Wildman–Crippen MR) is 68.0 cm³/mol. The molecule has 0 aliphatic heterocycles. The van der Waals surface area contributed by atoms with Crippen molar-refractivity contribution in [1.29, 1.82) is 5.26 Å². The van der Waals surface area contributed by atoms with E-state index in [9.17, 15) is 0 Å². The van der Waals surface area contributed by atoms with Gasteiger partial charge >= 0.3 is 0 Å². The molecule has 0 aromatic heterocycles. The van der Waals surface area contributed by atoms with E-state index in [4.69, 9.17) is 5.26 Å². The van der Waals surface area contributed by atoms with Crippen LogP contribution in [0, 0.1) is 17.2 Å². The normalized spacial score (nSPS) is 18.0. The monoisotopic (exact) mass is 220 g/mol. The number of hydrogen-bond donors (Lipinski definition) is 1. The molecule has 0 spiro atoms. The molecule has 16 heavy (non-hydrogen) atoms. The maximum Gasteiger partial charge on any atom is 0.0955 e. The summed E-state index contributed by atoms with van der Waals surface area (Å²) in [5.74, 6) is 0.589. The van der Waals surface area contributed by atoms with Crippen LogP contribution in [0.15, 0.2) is 11.6 Å². The van der Waals surface area contributed by atoms with Crippen LogP contribution in [-0.4, -0.2) is 12.6 Å². The Bertz CT molecular complexity index is 260. The lowest BCUT2D eigenvalue weighted by atomic mass is 9.97. The van der Waals surface area contributed by atoms with Gasteiger partial charge in [0.25, 0.3) is 0 Å². The van der Waals surface area contributed by atoms with Crippen molar-refractivity contribution in [2.45, 2.75) is 58.4 Å². The predicted octanol–water partition coefficient (Wildman–Crippen LogP) is 3.40. The average Bonchev–Trinajstić information content (AvgIpc) is 2.28. The molecule has 2 heteroatoms. The Kier molecular flexibility index (Phi) is 6.18. The zero-order valence-corrected chi connectivity index (χ0v) is 10.6. The average molecular weight is 220 g/mol. The Morgan fingerprint density at radius 2 is 2.25 bits per heavy atom. The molecule has 0 radical (unpaired) electrons. The lowest BCUT2D eigenvalue weighted by Gasteiger charge is -2.16. The van der Waals surface area contributed by atoms with Gasteiger partial charge in [0.1, 0.15) is 0 Å². The zero-order chi connectivity index (χ0) is 11.8. The minimum Gasteiger partial charge on any atom is -0.302 e. The highest BCUT2D eigenvalue weighted by molar-refractivity contribution is 5.05. The number of allylic oxidation sites excluding steroid dienone is 1. The zero-order valence-electron chi connectivity index (χ0n) is 10.6. The molecule has 1 aliphatic rings. The summed E-state index contributed by atoms with van der Waals surface area (Å²) in [6, 6.07) is 2.37. The van der Waals surface area contributed by atoms with Gasteiger partial charge in [0.15, 0.2) is 0 Å². The second-order valence-corrected chi connectivity index (χ2v) is 5.12. The van der Waals surface area contributed by atoms with E-state index in [-0.39, 0.29) is 6.04 Å². The van der Waals surface area contributed by atoms with Crippen molar-refractivity contribution in [3.05, 3.63) is 11.6 Å². The van der Waals surface area contributed by atoms with Gasteiger partial charge in [-0.05, 0) is 44.4 Å². The summed E-state index contributed by atoms with van der Waals surface area (Å²) in [6.45, 7) is 5.28. The lowest BCUT2D eigenvalue weighted by Crippen LogP contribution is -2.30. The van der Waals surface area contributed by atoms with Crippen LogP contribution in [0.2, 0.25) is 0 Å². The van der Waals surface area contributed by atoms with Gasteiger partial charge < -0.3 is 5.32 Å². The number of rotatable bonds is 6. The van der Waals surface area contributed by atoms with Gasteiger partial charge in [0, 0.05) is 6.54 Å². The van der Waals surface area contributed by atoms with E-state index in [1.807, 2.05) is 0 Å². The highest BCUT2D eigenvalue weighted by Crippen LogP contribution is 2.19. The molecule has 1 atom stereocenters. The number of nitrogens with zero attached hydrogens (tertiary/aromatic N) is 1. The van der Waals surface area contributed by atoms with E-state index in [0.29, 0.717) is 5.92 Å². The third-order valence-corrected chi connectivity index (χ3v) is 3.08. The SMILES string of the molecule is CC(C)CC(C#N)NCCC1=CCCCC1. The lowest BCUT2D eigenvalue weighted by molar-refractivity contribution is 0.478. The number of nitriles is 1. The van der Waals surface area contributed by atoms with Gasteiger partial charge in [-0.2, -0.15) is 5.26 Å². The molecule has 0 aromatic carbocycles. The minimum absolute atomic E-state index is 0.0317. The van der Waals surface area contributed by atoms with Gasteiger partial charge in [-0.3, -0.25) is 0 Å². The van der Waals surface area contributed by atoms with Crippen molar-refractivity contribution < 1.29 is 0 Å². The van der Waals surface area contributed by atoms with Crippen LogP contribution >= 0.6 is 0 Å². The first-order valence-corrected chi connectivity index (χ1v) is 6.53. The summed E-state index contributed by atoms with van der Waals surface area (Å²) >= 11 is 0. The van der Waals surface area contributed by atoms with Crippen LogP contribution in [0.25, 0.3) is 0 Å². The molecule has 0 bridgehead atoms. The van der Waals surface area contributed by atoms with Crippen molar-refractivity contribution >= 4 is 0 Å². The molecule has 0 aromatic rings. The molecular formula is C14H24N2. The van der Waals surface area contributed by atoms with Gasteiger partial charge in [-0.15, -0.1) is 0 Å². The number of nitrogens with one attached hydrogen (secondary N) is 1. The summed E-state index contributed by atoms with van der Waals surface area (Å²) in [6.07, 6.45) is 9.68. The summed E-state index contributed by atoms with van der Waals surface area (Å²) in [7, 11) is 0. The molecule has 1 N–H and O–H groups in total. The van der Waals surface area contributed by atoms with Crippen LogP contribution in [0.4, 0.5) is 0 Å². The highest BCUT2D eigenvalue weighted by Gasteiger charge is 2.09. The largest absolute Gasteiger partial charge is 0.302 e. The van der Waals surface area contributed by atoms with Gasteiger partial charge in [0.05, 0.1) is 12.1 Å². The van der Waals surface area contributed by atoms with Gasteiger partial charge in [-0.1, -0.05) is 25.5 Å². The van der Waals surface area contributed by atoms with Crippen molar-refractivity contribution in [2.75, 3.05) is 6.54 Å². The van der Waals surface area contributed by atoms with Crippen LogP contribution in [0.5, 0.6) is 0 Å². The Balaban J connectivity index is 2.18. The fraction of sp³-hybridized carbons (Fsp3) is 0.786. The van der Waals surface area contributed by atoms with Crippen molar-refractivity contribution in [3.63, 3.8) is 0 Å². The van der Waals surface area contributed by atoms with E-state index < -0.39 is 0 Å². The third kappa shape index (κ3) is 5.32. The van der Waals surface area contributed by atoms with Crippen LogP contribution < -0.4 is 5.32 Å². The second-order valence-electron chi connectivity index (χ2n) is 5.12. The molecule has 1 aliphatic carbocycles. The standard InChI is InChI=1S/C14H24N2/c1-12(2)10-14(11-15)16-9-8-13-6-4-3-5-7-13/h6,12,14,16H,3-5,7-10H2,1-2H3. The van der Waals surface area contributed by atoms with Gasteiger partial charge in [-0.25, -0.2) is 0 Å². The highest BCUT2D eigenvalue weighted by atomic mass is 14.9. The topological polar surface area (TPSA) is 35.8 Å². The van der Waals surface area contributed by atoms with E-state index in [0.717, 1.165) is 19.4 Å². The minimum atomic E-state index is 0.0317. The van der Waals surface area contributed by atoms with Crippen LogP contribution in [-0.2, 0) is 0 Å². The Morgan fingerprint density at radius 1 is 1.44 bits per heavy atom. The first-order valence-electron chi connectivity index (χ1n) is 6.53. The van der Waals surface area contributed by atoms with E-state index in [1.165, 1.54) is 25.7 Å². The summed E-state index contributed by atoms with van der Waals surface area (Å²) < 4.78 is 0. The molecule has 0 saturated carbocycles. The molecule has 0 saturated heterocycles. The smallest absolute Gasteiger partial charge is 0.0955 e. The number of hydrogen-bond acceptors (Lipinski definition) is 2. The van der Waals surface area contributed by atoms with Crippen LogP contribution in [0.1, 0.15) is 52.4 Å². The molecule has 1 rings (SSSR count). The Hall–Kier alpha value is -0.810. The Morgan fingerprint density at radius 3 is 2.81 bits per heavy atom. The summed E-state index contributed by atoms with van der Waals surface area (Å²) in [5, 5.41) is 12.3. The molecular weight excluding hydrogens is 196 g/mol. The van der Waals surface area contributed by atoms with Crippen molar-refractivity contribution in [2.24, 2.45) is 5.92 Å². The van der Waals surface area contributed by atoms with Crippen LogP contribution in [0.3, 0.4) is 0 Å². The molecule has 1 unspecified atom stereocenters. The maximum absolute atomic E-state index is 8.98. The fourth-order valence-corrected chi connectivity index (χ4v) is 2.19. The third-order valence-electron chi connectivity index (χ3n) is 3.08. The molecule has 2 nitrogen and oxygen atoms in total. The molecule has 0 heterocycles. The molecule has 90 valence electrons. The van der Waals surface area contributed by atoms with E-state index in [1.54, 1.807) is 5.57 Å². The summed E-state index contributed by atoms with van der Waals surface area (Å²) in [5.41, 5.74) is 1.58. The van der Waals surface area contributed by atoms with E-state index >= 15 is 0 Å². The van der Waals surface area contributed by atoms with Gasteiger partial charge in [0.2, 0.25) is 0 Å². The van der Waals surface area contributed by atoms with Crippen molar-refractivity contribution in [1.82, 2.24) is 5.32 Å². The second kappa shape index (κ2) is 7.46. The quantitative estimate of drug-likeness (QED) is 0.696. The Labute approximate surface area is 99.7 Å². The summed E-state index contributed by atoms with van der Waals surface area (Å²) in [4.78, 5) is 0. The van der Waals surface area contributed by atoms with Crippen molar-refractivity contribution in [3.8, 4) is 6.07 Å². The molecule has 0 amide bonds. The fourth-order valence-electron chi connectivity index (χ4n) is 2.19. The first-order chi connectivity index (χ1) is 7.72. The maximum atomic E-state index is 8.98.